The summed E-state index contributed by atoms with van der Waals surface area (Å²) < 4.78 is 36.6. The summed E-state index contributed by atoms with van der Waals surface area (Å²) in [7, 11) is -3.47. The minimum absolute atomic E-state index is 0.0724. The second-order valence-corrected chi connectivity index (χ2v) is 7.17. The number of nitrogens with one attached hydrogen (secondary N) is 1. The van der Waals surface area contributed by atoms with Crippen molar-refractivity contribution in [3.05, 3.63) is 24.3 Å². The number of amides is 1. The average Bonchev–Trinajstić information content (AvgIpc) is 2.31. The number of carbonyl (C=O) groups is 1. The van der Waals surface area contributed by atoms with E-state index in [-0.39, 0.29) is 13.2 Å². The summed E-state index contributed by atoms with van der Waals surface area (Å²) >= 11 is 0. The largest absolute Gasteiger partial charge is 0.491 e. The number of carbonyl (C=O) groups excluding carboxylic acids is 1. The van der Waals surface area contributed by atoms with E-state index < -0.39 is 21.8 Å². The van der Waals surface area contributed by atoms with Crippen LogP contribution >= 0.6 is 0 Å². The molecule has 1 amide bonds. The molecule has 0 saturated carbocycles. The summed E-state index contributed by atoms with van der Waals surface area (Å²) in [5, 5.41) is 2.59. The molecule has 0 unspecified atom stereocenters. The lowest BCUT2D eigenvalue weighted by atomic mass is 10.2. The van der Waals surface area contributed by atoms with Crippen molar-refractivity contribution < 1.29 is 26.9 Å². The highest BCUT2D eigenvalue weighted by Crippen LogP contribution is 2.18. The van der Waals surface area contributed by atoms with Crippen molar-refractivity contribution in [1.82, 2.24) is 0 Å². The Morgan fingerprint density at radius 1 is 1.23 bits per heavy atom. The van der Waals surface area contributed by atoms with E-state index in [1.165, 1.54) is 0 Å². The molecule has 0 aromatic heterocycles. The smallest absolute Gasteiger partial charge is 0.412 e. The van der Waals surface area contributed by atoms with Gasteiger partial charge in [-0.05, 0) is 32.9 Å². The Balaban J connectivity index is 2.50. The van der Waals surface area contributed by atoms with Crippen LogP contribution in [0.25, 0.3) is 0 Å². The van der Waals surface area contributed by atoms with E-state index in [4.69, 9.17) is 9.47 Å². The van der Waals surface area contributed by atoms with Gasteiger partial charge < -0.3 is 9.47 Å². The Morgan fingerprint density at radius 3 is 2.50 bits per heavy atom. The third-order valence-electron chi connectivity index (χ3n) is 2.13. The van der Waals surface area contributed by atoms with Crippen LogP contribution in [0.3, 0.4) is 0 Å². The maximum Gasteiger partial charge on any atom is 0.412 e. The quantitative estimate of drug-likeness (QED) is 0.636. The fourth-order valence-electron chi connectivity index (χ4n) is 1.43. The van der Waals surface area contributed by atoms with Crippen LogP contribution < -0.4 is 10.1 Å². The first kappa shape index (κ1) is 18.2. The van der Waals surface area contributed by atoms with E-state index in [1.807, 2.05) is 0 Å². The predicted octanol–water partition coefficient (Wildman–Crippen LogP) is 2.39. The monoisotopic (exact) mass is 331 g/mol. The Morgan fingerprint density at radius 2 is 1.91 bits per heavy atom. The van der Waals surface area contributed by atoms with Gasteiger partial charge in [-0.25, -0.2) is 4.79 Å². The maximum absolute atomic E-state index is 11.6. The molecule has 0 fully saturated rings. The Bertz CT molecular complexity index is 606. The lowest BCUT2D eigenvalue weighted by Gasteiger charge is -2.19. The van der Waals surface area contributed by atoms with Crippen molar-refractivity contribution in [2.45, 2.75) is 26.4 Å². The molecule has 1 aromatic rings. The van der Waals surface area contributed by atoms with Gasteiger partial charge in [-0.15, -0.1) is 0 Å². The zero-order valence-electron chi connectivity index (χ0n) is 13.1. The fraction of sp³-hybridized carbons (Fsp3) is 0.500. The van der Waals surface area contributed by atoms with Crippen molar-refractivity contribution in [2.75, 3.05) is 24.8 Å². The standard InChI is InChI=1S/C14H21NO6S/c1-14(2,3)21-13(16)15-11-6-5-7-12(10-11)19-8-9-20-22(4,17)18/h5-7,10H,8-9H2,1-4H3,(H,15,16). The molecule has 0 aliphatic rings. The minimum atomic E-state index is -3.47. The molecule has 0 spiro atoms. The Labute approximate surface area is 130 Å². The highest BCUT2D eigenvalue weighted by Gasteiger charge is 2.16. The van der Waals surface area contributed by atoms with Gasteiger partial charge in [-0.3, -0.25) is 9.50 Å². The van der Waals surface area contributed by atoms with Crippen LogP contribution in [0, 0.1) is 0 Å². The van der Waals surface area contributed by atoms with Crippen LogP contribution in [0.15, 0.2) is 24.3 Å². The Hall–Kier alpha value is -1.80. The lowest BCUT2D eigenvalue weighted by Crippen LogP contribution is -2.27. The summed E-state index contributed by atoms with van der Waals surface area (Å²) in [4.78, 5) is 11.6. The highest BCUT2D eigenvalue weighted by molar-refractivity contribution is 7.85. The van der Waals surface area contributed by atoms with Gasteiger partial charge in [0.2, 0.25) is 0 Å². The van der Waals surface area contributed by atoms with Gasteiger partial charge in [0.05, 0.1) is 6.26 Å². The van der Waals surface area contributed by atoms with Crippen LogP contribution in [-0.2, 0) is 19.0 Å². The molecule has 8 heteroatoms. The van der Waals surface area contributed by atoms with Crippen LogP contribution in [0.1, 0.15) is 20.8 Å². The molecule has 0 radical (unpaired) electrons. The van der Waals surface area contributed by atoms with Gasteiger partial charge in [-0.1, -0.05) is 6.07 Å². The molecule has 0 heterocycles. The van der Waals surface area contributed by atoms with Gasteiger partial charge >= 0.3 is 6.09 Å². The lowest BCUT2D eigenvalue weighted by molar-refractivity contribution is 0.0636. The molecule has 1 aromatic carbocycles. The van der Waals surface area contributed by atoms with Gasteiger partial charge in [0.1, 0.15) is 24.6 Å². The van der Waals surface area contributed by atoms with Crippen LogP contribution in [0.5, 0.6) is 5.75 Å². The number of hydrogen-bond acceptors (Lipinski definition) is 6. The summed E-state index contributed by atoms with van der Waals surface area (Å²) in [6.07, 6.45) is 0.406. The number of rotatable bonds is 6. The Kier molecular flexibility index (Phi) is 6.19. The first-order valence-corrected chi connectivity index (χ1v) is 8.44. The van der Waals surface area contributed by atoms with Gasteiger partial charge in [0, 0.05) is 11.8 Å². The molecular formula is C14H21NO6S. The number of hydrogen-bond donors (Lipinski definition) is 1. The molecule has 0 aliphatic heterocycles. The van der Waals surface area contributed by atoms with Crippen molar-refractivity contribution in [1.29, 1.82) is 0 Å². The summed E-state index contributed by atoms with van der Waals surface area (Å²) in [5.74, 6) is 0.477. The third-order valence-corrected chi connectivity index (χ3v) is 2.72. The minimum Gasteiger partial charge on any atom is -0.491 e. The average molecular weight is 331 g/mol. The van der Waals surface area contributed by atoms with E-state index in [9.17, 15) is 13.2 Å². The number of ether oxygens (including phenoxy) is 2. The molecule has 1 N–H and O–H groups in total. The first-order valence-electron chi connectivity index (χ1n) is 6.62. The van der Waals surface area contributed by atoms with E-state index in [1.54, 1.807) is 45.0 Å². The van der Waals surface area contributed by atoms with Crippen LogP contribution in [-0.4, -0.2) is 39.6 Å². The van der Waals surface area contributed by atoms with Crippen molar-refractivity contribution >= 4 is 21.9 Å². The SMILES string of the molecule is CC(C)(C)OC(=O)Nc1cccc(OCCOS(C)(=O)=O)c1. The molecule has 22 heavy (non-hydrogen) atoms. The molecule has 7 nitrogen and oxygen atoms in total. The van der Waals surface area contributed by atoms with Gasteiger partial charge in [0.15, 0.2) is 0 Å². The second-order valence-electron chi connectivity index (χ2n) is 5.53. The summed E-state index contributed by atoms with van der Waals surface area (Å²) in [6, 6.07) is 6.66. The van der Waals surface area contributed by atoms with Crippen molar-refractivity contribution in [3.8, 4) is 5.75 Å². The van der Waals surface area contributed by atoms with Gasteiger partial charge in [-0.2, -0.15) is 8.42 Å². The van der Waals surface area contributed by atoms with Crippen molar-refractivity contribution in [3.63, 3.8) is 0 Å². The molecule has 0 aliphatic carbocycles. The molecule has 0 atom stereocenters. The molecule has 0 bridgehead atoms. The molecular weight excluding hydrogens is 310 g/mol. The fourth-order valence-corrected chi connectivity index (χ4v) is 1.80. The first-order chi connectivity index (χ1) is 10.1. The topological polar surface area (TPSA) is 90.9 Å². The summed E-state index contributed by atoms with van der Waals surface area (Å²) in [6.45, 7) is 5.31. The number of benzene rings is 1. The van der Waals surface area contributed by atoms with E-state index in [2.05, 4.69) is 9.50 Å². The second kappa shape index (κ2) is 7.46. The van der Waals surface area contributed by atoms with Crippen LogP contribution in [0.4, 0.5) is 10.5 Å². The number of anilines is 1. The van der Waals surface area contributed by atoms with Crippen LogP contribution in [0.2, 0.25) is 0 Å². The van der Waals surface area contributed by atoms with Crippen molar-refractivity contribution in [2.24, 2.45) is 0 Å². The molecule has 0 saturated heterocycles. The molecule has 124 valence electrons. The normalized spacial score (nSPS) is 11.8. The third kappa shape index (κ3) is 8.48. The summed E-state index contributed by atoms with van der Waals surface area (Å²) in [5.41, 5.74) is -0.0722. The van der Waals surface area contributed by atoms with E-state index >= 15 is 0 Å². The molecule has 1 rings (SSSR count). The zero-order valence-corrected chi connectivity index (χ0v) is 13.9. The van der Waals surface area contributed by atoms with E-state index in [0.29, 0.717) is 11.4 Å². The zero-order chi connectivity index (χ0) is 16.8. The van der Waals surface area contributed by atoms with Gasteiger partial charge in [0.25, 0.3) is 10.1 Å². The van der Waals surface area contributed by atoms with E-state index in [0.717, 1.165) is 6.26 Å². The predicted molar refractivity (Wildman–Crippen MR) is 82.6 cm³/mol. The highest BCUT2D eigenvalue weighted by atomic mass is 32.2. The maximum atomic E-state index is 11.6.